The van der Waals surface area contributed by atoms with Crippen molar-refractivity contribution in [2.24, 2.45) is 69.8 Å². The molecule has 1 saturated carbocycles. The van der Waals surface area contributed by atoms with Crippen molar-refractivity contribution in [2.45, 2.75) is 217 Å². The molecule has 1 rings (SSSR count). The summed E-state index contributed by atoms with van der Waals surface area (Å²) in [7, 11) is 1.57. The van der Waals surface area contributed by atoms with Crippen LogP contribution in [0.25, 0.3) is 0 Å². The lowest BCUT2D eigenvalue weighted by Crippen LogP contribution is -2.49. The summed E-state index contributed by atoms with van der Waals surface area (Å²) in [6, 6.07) is 0. The van der Waals surface area contributed by atoms with Crippen molar-refractivity contribution < 1.29 is 48.5 Å². The predicted molar refractivity (Wildman–Crippen MR) is 258 cm³/mol. The number of carbonyl (C=O) groups is 7. The fourth-order valence-corrected chi connectivity index (χ4v) is 4.26. The van der Waals surface area contributed by atoms with Gasteiger partial charge in [-0.15, -0.1) is 0 Å². The van der Waals surface area contributed by atoms with Crippen LogP contribution in [0.15, 0.2) is 0 Å². The summed E-state index contributed by atoms with van der Waals surface area (Å²) in [5.41, 5.74) is 2.56. The molecule has 5 atom stereocenters. The van der Waals surface area contributed by atoms with E-state index < -0.39 is 22.7 Å². The van der Waals surface area contributed by atoms with Gasteiger partial charge in [0, 0.05) is 29.8 Å². The van der Waals surface area contributed by atoms with E-state index in [2.05, 4.69) is 55.4 Å². The van der Waals surface area contributed by atoms with Crippen molar-refractivity contribution >= 4 is 40.7 Å². The van der Waals surface area contributed by atoms with Gasteiger partial charge >= 0.3 is 5.97 Å². The summed E-state index contributed by atoms with van der Waals surface area (Å²) >= 11 is 0. The van der Waals surface area contributed by atoms with E-state index in [-0.39, 0.29) is 57.8 Å². The van der Waals surface area contributed by atoms with Crippen molar-refractivity contribution in [3.8, 4) is 0 Å². The van der Waals surface area contributed by atoms with Crippen LogP contribution in [0.1, 0.15) is 200 Å². The number of Topliss-reactive ketones (excluding diaryl/α,β-unsaturated/α-hetero) is 6. The van der Waals surface area contributed by atoms with Crippen molar-refractivity contribution in [1.29, 1.82) is 0 Å². The number of carbonyl (C=O) groups excluding carboxylic acids is 6. The Balaban J connectivity index is -0.000000148. The van der Waals surface area contributed by atoms with Gasteiger partial charge in [0.2, 0.25) is 0 Å². The molecular formula is C51H101NO10. The van der Waals surface area contributed by atoms with Crippen LogP contribution >= 0.6 is 0 Å². The summed E-state index contributed by atoms with van der Waals surface area (Å²) in [5.74, 6) is 2.85. The molecule has 62 heavy (non-hydrogen) atoms. The zero-order valence-electron chi connectivity index (χ0n) is 45.3. The Morgan fingerprint density at radius 3 is 0.855 bits per heavy atom. The number of ketones is 6. The van der Waals surface area contributed by atoms with E-state index >= 15 is 0 Å². The van der Waals surface area contributed by atoms with E-state index in [0.29, 0.717) is 41.0 Å². The van der Waals surface area contributed by atoms with Crippen LogP contribution in [0, 0.1) is 64.1 Å². The Bertz CT molecular complexity index is 1220. The molecule has 370 valence electrons. The van der Waals surface area contributed by atoms with Gasteiger partial charge in [0.15, 0.2) is 11.6 Å². The standard InChI is InChI=1S/C8H16O2.C8H14O.C8H16O.C7H14O2.2C7H14O.C6H13NO2/c1-6(2)8(4,10-5)7(3)9;1-6(2)8(4-5-8)7(3)9;1-6(2)8(4,5)7(3)9;1-5(2)7(4,9)6(3)8;2*1-5(2)6(3)7(4)8;1-4(2)6(3,7)5(8)9/h6H,1-5H3;6H,4-5H2,1-3H3;6H,1-5H3;5,9H,1-4H3;2*5-6H,1-4H3;4H,7H2,1-3H3,(H,8,9)/t;;;;2*6-;/m....10./s1. The quantitative estimate of drug-likeness (QED) is 0.142. The van der Waals surface area contributed by atoms with E-state index in [1.807, 2.05) is 62.3 Å². The normalized spacial score (nSPS) is 16.5. The first-order valence-corrected chi connectivity index (χ1v) is 22.7. The number of carboxylic acids is 1. The van der Waals surface area contributed by atoms with Crippen molar-refractivity contribution in [2.75, 3.05) is 7.11 Å². The molecule has 0 aromatic heterocycles. The minimum Gasteiger partial charge on any atom is -0.480 e. The zero-order valence-corrected chi connectivity index (χ0v) is 45.3. The highest BCUT2D eigenvalue weighted by Crippen LogP contribution is 2.52. The average molecular weight is 888 g/mol. The molecule has 0 bridgehead atoms. The number of hydrogen-bond donors (Lipinski definition) is 3. The minimum absolute atomic E-state index is 0.00463. The fraction of sp³-hybridized carbons (Fsp3) is 0.863. The minimum atomic E-state index is -1.14. The lowest BCUT2D eigenvalue weighted by atomic mass is 9.78. The third kappa shape index (κ3) is 27.5. The molecule has 0 radical (unpaired) electrons. The maximum atomic E-state index is 11.0. The van der Waals surface area contributed by atoms with E-state index in [0.717, 1.165) is 12.8 Å². The summed E-state index contributed by atoms with van der Waals surface area (Å²) in [5, 5.41) is 17.8. The lowest BCUT2D eigenvalue weighted by molar-refractivity contribution is -0.144. The van der Waals surface area contributed by atoms with Gasteiger partial charge in [0.1, 0.15) is 39.9 Å². The summed E-state index contributed by atoms with van der Waals surface area (Å²) in [6.07, 6.45) is 2.25. The molecule has 1 aliphatic rings. The molecule has 11 heteroatoms. The van der Waals surface area contributed by atoms with Crippen LogP contribution in [0.3, 0.4) is 0 Å². The maximum Gasteiger partial charge on any atom is 0.323 e. The zero-order chi connectivity index (χ0) is 51.9. The van der Waals surface area contributed by atoms with Crippen LogP contribution in [0.5, 0.6) is 0 Å². The Hall–Kier alpha value is -2.63. The van der Waals surface area contributed by atoms with Crippen molar-refractivity contribution in [1.82, 2.24) is 0 Å². The van der Waals surface area contributed by atoms with Crippen LogP contribution in [0.2, 0.25) is 0 Å². The van der Waals surface area contributed by atoms with Gasteiger partial charge < -0.3 is 20.7 Å². The first-order chi connectivity index (χ1) is 27.3. The van der Waals surface area contributed by atoms with Crippen molar-refractivity contribution in [3.63, 3.8) is 0 Å². The third-order valence-electron chi connectivity index (χ3n) is 14.0. The topological polar surface area (TPSA) is 195 Å². The third-order valence-corrected chi connectivity index (χ3v) is 14.0. The summed E-state index contributed by atoms with van der Waals surface area (Å²) < 4.78 is 5.11. The first-order valence-electron chi connectivity index (χ1n) is 22.7. The Kier molecular flexibility index (Phi) is 35.8. The molecule has 4 N–H and O–H groups in total. The molecule has 3 unspecified atom stereocenters. The lowest BCUT2D eigenvalue weighted by Gasteiger charge is -2.28. The molecule has 0 aromatic carbocycles. The summed E-state index contributed by atoms with van der Waals surface area (Å²) in [4.78, 5) is 75.1. The Morgan fingerprint density at radius 1 is 0.532 bits per heavy atom. The van der Waals surface area contributed by atoms with E-state index in [1.165, 1.54) is 13.8 Å². The Morgan fingerprint density at radius 2 is 0.855 bits per heavy atom. The second kappa shape index (κ2) is 31.3. The monoisotopic (exact) mass is 888 g/mol. The van der Waals surface area contributed by atoms with Gasteiger partial charge in [-0.05, 0) is 117 Å². The number of ether oxygens (including phenoxy) is 1. The number of aliphatic carboxylic acids is 1. The van der Waals surface area contributed by atoms with Gasteiger partial charge in [-0.25, -0.2) is 0 Å². The molecule has 1 aliphatic carbocycles. The smallest absolute Gasteiger partial charge is 0.323 e. The maximum absolute atomic E-state index is 11.0. The van der Waals surface area contributed by atoms with E-state index in [1.54, 1.807) is 62.5 Å². The summed E-state index contributed by atoms with van der Waals surface area (Å²) in [6.45, 7) is 50.2. The van der Waals surface area contributed by atoms with Crippen LogP contribution < -0.4 is 5.73 Å². The predicted octanol–water partition coefficient (Wildman–Crippen LogP) is 11.1. The number of nitrogens with two attached hydrogens (primary N) is 1. The van der Waals surface area contributed by atoms with E-state index in [4.69, 9.17) is 15.6 Å². The highest BCUT2D eigenvalue weighted by molar-refractivity contribution is 5.86. The molecular weight excluding hydrogens is 787 g/mol. The highest BCUT2D eigenvalue weighted by atomic mass is 16.5. The Labute approximate surface area is 381 Å². The number of carboxylic acid groups (broad SMARTS) is 1. The van der Waals surface area contributed by atoms with Gasteiger partial charge in [0.25, 0.3) is 0 Å². The average Bonchev–Trinajstić information content (AvgIpc) is 3.94. The van der Waals surface area contributed by atoms with Crippen LogP contribution in [0.4, 0.5) is 0 Å². The molecule has 1 fully saturated rings. The second-order valence-electron chi connectivity index (χ2n) is 20.7. The fourth-order valence-electron chi connectivity index (χ4n) is 4.26. The largest absolute Gasteiger partial charge is 0.480 e. The highest BCUT2D eigenvalue weighted by Gasteiger charge is 2.49. The van der Waals surface area contributed by atoms with Crippen molar-refractivity contribution in [3.05, 3.63) is 0 Å². The number of aliphatic hydroxyl groups is 1. The number of methoxy groups -OCH3 is 1. The molecule has 0 aromatic rings. The molecule has 0 heterocycles. The van der Waals surface area contributed by atoms with Gasteiger partial charge in [-0.3, -0.25) is 33.6 Å². The van der Waals surface area contributed by atoms with Gasteiger partial charge in [-0.1, -0.05) is 125 Å². The molecule has 0 saturated heterocycles. The molecule has 0 aliphatic heterocycles. The number of rotatable bonds is 15. The van der Waals surface area contributed by atoms with E-state index in [9.17, 15) is 38.7 Å². The molecule has 0 spiro atoms. The first kappa shape index (κ1) is 71.0. The SMILES string of the molecule is CC(=O)C(C)(C)C(C)C.CC(=O)C(C)(O)C(C)C.CC(=O)C1(C(C)C)CC1.CC(=O)[C@@H](C)C(C)C.CC(=O)[C@H](C)C(C)C.CC(C)C(C)(N)C(=O)O.COC(C)(C(C)=O)C(C)C. The molecule has 0 amide bonds. The molecule has 11 nitrogen and oxygen atoms in total. The van der Waals surface area contributed by atoms with Crippen LogP contribution in [-0.4, -0.2) is 74.7 Å². The van der Waals surface area contributed by atoms with Gasteiger partial charge in [-0.2, -0.15) is 0 Å². The number of hydrogen-bond acceptors (Lipinski definition) is 10. The second-order valence-corrected chi connectivity index (χ2v) is 20.7. The van der Waals surface area contributed by atoms with Gasteiger partial charge in [0.05, 0.1) is 0 Å². The van der Waals surface area contributed by atoms with Crippen LogP contribution in [-0.2, 0) is 38.3 Å².